The van der Waals surface area contributed by atoms with Gasteiger partial charge in [0.1, 0.15) is 0 Å². The third kappa shape index (κ3) is 5.19. The van der Waals surface area contributed by atoms with E-state index in [1.54, 1.807) is 0 Å². The van der Waals surface area contributed by atoms with Gasteiger partial charge in [-0.1, -0.05) is 52.0 Å². The van der Waals surface area contributed by atoms with E-state index >= 15 is 0 Å². The number of aliphatic hydroxyl groups excluding tert-OH is 1. The lowest BCUT2D eigenvalue weighted by molar-refractivity contribution is 0.172. The maximum absolute atomic E-state index is 9.90. The van der Waals surface area contributed by atoms with E-state index in [0.29, 0.717) is 6.54 Å². The lowest BCUT2D eigenvalue weighted by Crippen LogP contribution is -2.28. The van der Waals surface area contributed by atoms with Crippen LogP contribution in [0.4, 0.5) is 0 Å². The van der Waals surface area contributed by atoms with E-state index in [9.17, 15) is 5.11 Å². The van der Waals surface area contributed by atoms with E-state index in [1.807, 2.05) is 0 Å². The summed E-state index contributed by atoms with van der Waals surface area (Å²) in [6, 6.07) is 8.59. The highest BCUT2D eigenvalue weighted by Gasteiger charge is 2.13. The van der Waals surface area contributed by atoms with Crippen LogP contribution in [0.25, 0.3) is 0 Å². The van der Waals surface area contributed by atoms with Crippen LogP contribution in [0.2, 0.25) is 0 Å². The Balaban J connectivity index is 2.48. The molecule has 1 atom stereocenters. The zero-order chi connectivity index (χ0) is 13.6. The molecule has 18 heavy (non-hydrogen) atoms. The Morgan fingerprint density at radius 3 is 2.28 bits per heavy atom. The van der Waals surface area contributed by atoms with Crippen molar-refractivity contribution < 1.29 is 5.11 Å². The molecule has 0 fully saturated rings. The second-order valence-corrected chi connectivity index (χ2v) is 6.01. The third-order valence-electron chi connectivity index (χ3n) is 3.10. The molecule has 0 spiro atoms. The molecule has 0 saturated carbocycles. The fourth-order valence-electron chi connectivity index (χ4n) is 1.93. The minimum atomic E-state index is -0.294. The topological polar surface area (TPSA) is 32.3 Å². The first kappa shape index (κ1) is 15.2. The van der Waals surface area contributed by atoms with Crippen molar-refractivity contribution in [2.45, 2.75) is 52.1 Å². The van der Waals surface area contributed by atoms with E-state index < -0.39 is 0 Å². The quantitative estimate of drug-likeness (QED) is 0.760. The van der Waals surface area contributed by atoms with Gasteiger partial charge >= 0.3 is 0 Å². The molecular formula is C16H27NO. The van der Waals surface area contributed by atoms with Gasteiger partial charge in [-0.05, 0) is 35.9 Å². The first-order valence-electron chi connectivity index (χ1n) is 6.91. The van der Waals surface area contributed by atoms with Gasteiger partial charge in [-0.2, -0.15) is 0 Å². The lowest BCUT2D eigenvalue weighted by atomic mass is 9.86. The predicted molar refractivity (Wildman–Crippen MR) is 78.0 cm³/mol. The average molecular weight is 249 g/mol. The molecule has 0 radical (unpaired) electrons. The van der Waals surface area contributed by atoms with Crippen molar-refractivity contribution in [3.63, 3.8) is 0 Å². The first-order valence-corrected chi connectivity index (χ1v) is 6.91. The molecule has 0 aliphatic rings. The largest absolute Gasteiger partial charge is 0.391 e. The average Bonchev–Trinajstić information content (AvgIpc) is 2.29. The summed E-state index contributed by atoms with van der Waals surface area (Å²) in [4.78, 5) is 0. The molecule has 1 rings (SSSR count). The fraction of sp³-hybridized carbons (Fsp3) is 0.625. The molecule has 0 heterocycles. The molecule has 0 aliphatic heterocycles. The molecule has 0 aromatic heterocycles. The van der Waals surface area contributed by atoms with Gasteiger partial charge in [0.25, 0.3) is 0 Å². The lowest BCUT2D eigenvalue weighted by Gasteiger charge is -2.19. The normalized spacial score (nSPS) is 13.6. The maximum atomic E-state index is 9.90. The Labute approximate surface area is 111 Å². The summed E-state index contributed by atoms with van der Waals surface area (Å²) in [5, 5.41) is 13.1. The van der Waals surface area contributed by atoms with Crippen molar-refractivity contribution in [2.24, 2.45) is 0 Å². The maximum Gasteiger partial charge on any atom is 0.0704 e. The summed E-state index contributed by atoms with van der Waals surface area (Å²) >= 11 is 0. The van der Waals surface area contributed by atoms with E-state index in [2.05, 4.69) is 57.3 Å². The molecule has 0 amide bonds. The molecule has 2 N–H and O–H groups in total. The van der Waals surface area contributed by atoms with Crippen LogP contribution in [0.15, 0.2) is 24.3 Å². The highest BCUT2D eigenvalue weighted by atomic mass is 16.3. The van der Waals surface area contributed by atoms with E-state index in [4.69, 9.17) is 0 Å². The van der Waals surface area contributed by atoms with Gasteiger partial charge in [0.15, 0.2) is 0 Å². The van der Waals surface area contributed by atoms with Crippen molar-refractivity contribution >= 4 is 0 Å². The smallest absolute Gasteiger partial charge is 0.0704 e. The number of nitrogens with one attached hydrogen (secondary N) is 1. The van der Waals surface area contributed by atoms with Crippen molar-refractivity contribution in [1.29, 1.82) is 0 Å². The third-order valence-corrected chi connectivity index (χ3v) is 3.10. The number of benzene rings is 1. The number of hydrogen-bond donors (Lipinski definition) is 2. The van der Waals surface area contributed by atoms with Gasteiger partial charge < -0.3 is 10.4 Å². The second-order valence-electron chi connectivity index (χ2n) is 6.01. The summed E-state index contributed by atoms with van der Waals surface area (Å²) in [5.74, 6) is 0. The van der Waals surface area contributed by atoms with Gasteiger partial charge in [0.2, 0.25) is 0 Å². The van der Waals surface area contributed by atoms with Crippen LogP contribution < -0.4 is 5.32 Å². The van der Waals surface area contributed by atoms with Crippen molar-refractivity contribution in [1.82, 2.24) is 5.32 Å². The minimum absolute atomic E-state index is 0.194. The van der Waals surface area contributed by atoms with Crippen LogP contribution in [-0.2, 0) is 11.8 Å². The van der Waals surface area contributed by atoms with Crippen LogP contribution in [0.1, 0.15) is 45.2 Å². The summed E-state index contributed by atoms with van der Waals surface area (Å²) in [6.45, 7) is 10.4. The Kier molecular flexibility index (Phi) is 5.83. The van der Waals surface area contributed by atoms with Gasteiger partial charge in [-0.15, -0.1) is 0 Å². The van der Waals surface area contributed by atoms with Crippen molar-refractivity contribution in [2.75, 3.05) is 13.1 Å². The molecule has 1 aromatic carbocycles. The second kappa shape index (κ2) is 6.91. The zero-order valence-electron chi connectivity index (χ0n) is 12.2. The Bertz CT molecular complexity index is 337. The summed E-state index contributed by atoms with van der Waals surface area (Å²) in [5.41, 5.74) is 2.73. The van der Waals surface area contributed by atoms with E-state index in [0.717, 1.165) is 19.4 Å². The molecule has 1 aromatic rings. The molecule has 1 unspecified atom stereocenters. The number of hydrogen-bond acceptors (Lipinski definition) is 2. The van der Waals surface area contributed by atoms with Gasteiger partial charge in [-0.25, -0.2) is 0 Å². The van der Waals surface area contributed by atoms with E-state index in [1.165, 1.54) is 11.1 Å². The predicted octanol–water partition coefficient (Wildman–Crippen LogP) is 2.89. The van der Waals surface area contributed by atoms with Crippen LogP contribution in [0.3, 0.4) is 0 Å². The van der Waals surface area contributed by atoms with Crippen LogP contribution in [0, 0.1) is 0 Å². The van der Waals surface area contributed by atoms with Crippen molar-refractivity contribution in [3.8, 4) is 0 Å². The monoisotopic (exact) mass is 249 g/mol. The summed E-state index contributed by atoms with van der Waals surface area (Å²) in [7, 11) is 0. The van der Waals surface area contributed by atoms with Gasteiger partial charge in [-0.3, -0.25) is 0 Å². The molecule has 0 bridgehead atoms. The summed E-state index contributed by atoms with van der Waals surface area (Å²) in [6.07, 6.45) is 1.53. The Morgan fingerprint density at radius 2 is 1.78 bits per heavy atom. The molecule has 0 saturated heterocycles. The molecule has 0 aliphatic carbocycles. The number of aliphatic hydroxyl groups is 1. The Morgan fingerprint density at radius 1 is 1.17 bits per heavy atom. The summed E-state index contributed by atoms with van der Waals surface area (Å²) < 4.78 is 0. The molecule has 2 heteroatoms. The van der Waals surface area contributed by atoms with Crippen molar-refractivity contribution in [3.05, 3.63) is 35.4 Å². The SMILES string of the molecule is CCCNCC(O)Cc1ccc(C(C)(C)C)cc1. The molecule has 2 nitrogen and oxygen atoms in total. The van der Waals surface area contributed by atoms with Gasteiger partial charge in [0.05, 0.1) is 6.10 Å². The molecular weight excluding hydrogens is 222 g/mol. The van der Waals surface area contributed by atoms with Crippen LogP contribution >= 0.6 is 0 Å². The highest BCUT2D eigenvalue weighted by Crippen LogP contribution is 2.22. The highest BCUT2D eigenvalue weighted by molar-refractivity contribution is 5.27. The first-order chi connectivity index (χ1) is 8.43. The van der Waals surface area contributed by atoms with Crippen LogP contribution in [0.5, 0.6) is 0 Å². The van der Waals surface area contributed by atoms with E-state index in [-0.39, 0.29) is 11.5 Å². The van der Waals surface area contributed by atoms with Gasteiger partial charge in [0, 0.05) is 6.54 Å². The van der Waals surface area contributed by atoms with Crippen LogP contribution in [-0.4, -0.2) is 24.3 Å². The fourth-order valence-corrected chi connectivity index (χ4v) is 1.93. The minimum Gasteiger partial charge on any atom is -0.391 e. The zero-order valence-corrected chi connectivity index (χ0v) is 12.2. The standard InChI is InChI=1S/C16H27NO/c1-5-10-17-12-15(18)11-13-6-8-14(9-7-13)16(2,3)4/h6-9,15,17-18H,5,10-12H2,1-4H3. The molecule has 102 valence electrons. The number of rotatable bonds is 6. The Hall–Kier alpha value is -0.860.